The van der Waals surface area contributed by atoms with Crippen LogP contribution in [-0.2, 0) is 11.3 Å². The van der Waals surface area contributed by atoms with Gasteiger partial charge in [-0.1, -0.05) is 0 Å². The lowest BCUT2D eigenvalue weighted by Gasteiger charge is -2.08. The van der Waals surface area contributed by atoms with Gasteiger partial charge in [0, 0.05) is 17.7 Å². The molecule has 1 fully saturated rings. The van der Waals surface area contributed by atoms with Crippen LogP contribution in [0.15, 0.2) is 47.5 Å². The molecule has 0 saturated heterocycles. The lowest BCUT2D eigenvalue weighted by Crippen LogP contribution is -2.29. The van der Waals surface area contributed by atoms with Gasteiger partial charge in [-0.2, -0.15) is 5.10 Å². The molecule has 0 aliphatic heterocycles. The largest absolute Gasteiger partial charge is 0.324 e. The van der Waals surface area contributed by atoms with Crippen molar-refractivity contribution in [3.05, 3.63) is 58.8 Å². The highest BCUT2D eigenvalue weighted by atomic mass is 16.2. The molecule has 0 radical (unpaired) electrons. The van der Waals surface area contributed by atoms with Crippen LogP contribution in [0.2, 0.25) is 0 Å². The van der Waals surface area contributed by atoms with Crippen molar-refractivity contribution in [3.63, 3.8) is 0 Å². The topological polar surface area (TPSA) is 108 Å². The number of benzene rings is 1. The molecule has 3 aromatic rings. The fourth-order valence-corrected chi connectivity index (χ4v) is 2.49. The molecule has 4 rings (SSSR count). The lowest BCUT2D eigenvalue weighted by molar-refractivity contribution is -0.117. The van der Waals surface area contributed by atoms with Crippen LogP contribution < -0.4 is 10.9 Å². The van der Waals surface area contributed by atoms with E-state index < -0.39 is 0 Å². The van der Waals surface area contributed by atoms with Crippen molar-refractivity contribution in [2.24, 2.45) is 0 Å². The number of nitrogens with zero attached hydrogens (tertiary/aromatic N) is 6. The molecule has 25 heavy (non-hydrogen) atoms. The van der Waals surface area contributed by atoms with Crippen LogP contribution in [0.4, 0.5) is 5.69 Å². The Morgan fingerprint density at radius 3 is 2.64 bits per heavy atom. The van der Waals surface area contributed by atoms with Gasteiger partial charge in [-0.15, -0.1) is 5.10 Å². The Hall–Kier alpha value is -3.36. The second kappa shape index (κ2) is 6.27. The predicted molar refractivity (Wildman–Crippen MR) is 88.3 cm³/mol. The van der Waals surface area contributed by atoms with Crippen LogP contribution in [0, 0.1) is 0 Å². The van der Waals surface area contributed by atoms with Gasteiger partial charge in [0.05, 0.1) is 11.4 Å². The first kappa shape index (κ1) is 15.2. The molecule has 9 nitrogen and oxygen atoms in total. The Labute approximate surface area is 142 Å². The molecule has 1 aliphatic rings. The summed E-state index contributed by atoms with van der Waals surface area (Å²) in [4.78, 5) is 24.1. The molecule has 2 aromatic heterocycles. The molecule has 0 bridgehead atoms. The Kier molecular flexibility index (Phi) is 3.81. The maximum Gasteiger partial charge on any atom is 0.267 e. The smallest absolute Gasteiger partial charge is 0.267 e. The molecule has 1 amide bonds. The van der Waals surface area contributed by atoms with Gasteiger partial charge in [0.25, 0.3) is 5.56 Å². The minimum atomic E-state index is -0.308. The zero-order valence-electron chi connectivity index (χ0n) is 13.2. The number of aromatic nitrogens is 6. The molecule has 2 heterocycles. The number of tetrazole rings is 1. The SMILES string of the molecule is O=C(Cn1nc(C2CC2)ccc1=O)Nc1ccc(-n2cnnn2)cc1. The number of carbonyl (C=O) groups is 1. The van der Waals surface area contributed by atoms with E-state index in [0.717, 1.165) is 24.2 Å². The second-order valence-electron chi connectivity index (χ2n) is 5.88. The van der Waals surface area contributed by atoms with Gasteiger partial charge in [-0.3, -0.25) is 9.59 Å². The summed E-state index contributed by atoms with van der Waals surface area (Å²) in [5, 5.41) is 18.0. The van der Waals surface area contributed by atoms with Crippen LogP contribution in [0.1, 0.15) is 24.5 Å². The molecule has 0 unspecified atom stereocenters. The zero-order chi connectivity index (χ0) is 17.2. The number of amides is 1. The number of hydrogen-bond acceptors (Lipinski definition) is 6. The predicted octanol–water partition coefficient (Wildman–Crippen LogP) is 0.735. The molecule has 1 N–H and O–H groups in total. The van der Waals surface area contributed by atoms with Crippen LogP contribution in [-0.4, -0.2) is 35.9 Å². The van der Waals surface area contributed by atoms with E-state index in [2.05, 4.69) is 25.9 Å². The molecule has 0 spiro atoms. The quantitative estimate of drug-likeness (QED) is 0.735. The van der Waals surface area contributed by atoms with Crippen LogP contribution in [0.25, 0.3) is 5.69 Å². The van der Waals surface area contributed by atoms with E-state index in [1.54, 1.807) is 30.3 Å². The third-order valence-corrected chi connectivity index (χ3v) is 3.94. The Morgan fingerprint density at radius 1 is 1.16 bits per heavy atom. The van der Waals surface area contributed by atoms with E-state index in [1.165, 1.54) is 21.8 Å². The van der Waals surface area contributed by atoms with E-state index in [9.17, 15) is 9.59 Å². The van der Waals surface area contributed by atoms with Crippen molar-refractivity contribution in [2.75, 3.05) is 5.32 Å². The minimum Gasteiger partial charge on any atom is -0.324 e. The van der Waals surface area contributed by atoms with Crippen LogP contribution in [0.3, 0.4) is 0 Å². The van der Waals surface area contributed by atoms with E-state index in [4.69, 9.17) is 0 Å². The number of anilines is 1. The summed E-state index contributed by atoms with van der Waals surface area (Å²) < 4.78 is 2.72. The van der Waals surface area contributed by atoms with Gasteiger partial charge >= 0.3 is 0 Å². The fraction of sp³-hybridized carbons (Fsp3) is 0.250. The van der Waals surface area contributed by atoms with Gasteiger partial charge in [0.2, 0.25) is 5.91 Å². The number of nitrogens with one attached hydrogen (secondary N) is 1. The van der Waals surface area contributed by atoms with Crippen LogP contribution >= 0.6 is 0 Å². The molecule has 1 saturated carbocycles. The first-order valence-corrected chi connectivity index (χ1v) is 7.90. The summed E-state index contributed by atoms with van der Waals surface area (Å²) in [6.07, 6.45) is 3.66. The fourth-order valence-electron chi connectivity index (χ4n) is 2.49. The molecule has 0 atom stereocenters. The third kappa shape index (κ3) is 3.44. The standard InChI is InChI=1S/C16H15N7O2/c24-15(9-22-16(25)8-7-14(19-22)11-1-2-11)18-12-3-5-13(6-4-12)23-10-17-20-21-23/h3-8,10-11H,1-2,9H2,(H,18,24). The van der Waals surface area contributed by atoms with Gasteiger partial charge in [0.1, 0.15) is 12.9 Å². The first-order chi connectivity index (χ1) is 12.2. The minimum absolute atomic E-state index is 0.117. The number of carbonyl (C=O) groups excluding carboxylic acids is 1. The highest BCUT2D eigenvalue weighted by Gasteiger charge is 2.25. The maximum absolute atomic E-state index is 12.2. The maximum atomic E-state index is 12.2. The molecule has 1 aliphatic carbocycles. The van der Waals surface area contributed by atoms with Crippen molar-refractivity contribution in [3.8, 4) is 5.69 Å². The summed E-state index contributed by atoms with van der Waals surface area (Å²) in [6, 6.07) is 10.3. The van der Waals surface area contributed by atoms with E-state index in [0.29, 0.717) is 11.6 Å². The number of hydrogen-bond donors (Lipinski definition) is 1. The molecular weight excluding hydrogens is 322 g/mol. The average Bonchev–Trinajstić information content (AvgIpc) is 3.32. The van der Waals surface area contributed by atoms with Gasteiger partial charge in [0.15, 0.2) is 0 Å². The summed E-state index contributed by atoms with van der Waals surface area (Å²) in [5.41, 5.74) is 1.98. The zero-order valence-corrected chi connectivity index (χ0v) is 13.2. The van der Waals surface area contributed by atoms with Crippen molar-refractivity contribution in [1.29, 1.82) is 0 Å². The third-order valence-electron chi connectivity index (χ3n) is 3.94. The average molecular weight is 337 g/mol. The Bertz CT molecular complexity index is 943. The van der Waals surface area contributed by atoms with Gasteiger partial charge in [-0.25, -0.2) is 9.36 Å². The van der Waals surface area contributed by atoms with E-state index in [1.807, 2.05) is 0 Å². The van der Waals surface area contributed by atoms with Crippen molar-refractivity contribution in [2.45, 2.75) is 25.3 Å². The summed E-state index contributed by atoms with van der Waals surface area (Å²) in [6.45, 7) is -0.117. The monoisotopic (exact) mass is 337 g/mol. The summed E-state index contributed by atoms with van der Waals surface area (Å²) >= 11 is 0. The molecule has 1 aromatic carbocycles. The number of rotatable bonds is 5. The van der Waals surface area contributed by atoms with Crippen LogP contribution in [0.5, 0.6) is 0 Å². The lowest BCUT2D eigenvalue weighted by atomic mass is 10.3. The second-order valence-corrected chi connectivity index (χ2v) is 5.88. The van der Waals surface area contributed by atoms with Crippen molar-refractivity contribution < 1.29 is 4.79 Å². The molecular formula is C16H15N7O2. The highest BCUT2D eigenvalue weighted by Crippen LogP contribution is 2.38. The van der Waals surface area contributed by atoms with E-state index in [-0.39, 0.29) is 18.0 Å². The van der Waals surface area contributed by atoms with Crippen molar-refractivity contribution in [1.82, 2.24) is 30.0 Å². The molecule has 126 valence electrons. The highest BCUT2D eigenvalue weighted by molar-refractivity contribution is 5.90. The van der Waals surface area contributed by atoms with Crippen molar-refractivity contribution >= 4 is 11.6 Å². The Morgan fingerprint density at radius 2 is 1.96 bits per heavy atom. The van der Waals surface area contributed by atoms with E-state index >= 15 is 0 Å². The Balaban J connectivity index is 1.44. The first-order valence-electron chi connectivity index (χ1n) is 7.90. The molecule has 9 heteroatoms. The summed E-state index contributed by atoms with van der Waals surface area (Å²) in [5.74, 6) is 0.117. The summed E-state index contributed by atoms with van der Waals surface area (Å²) in [7, 11) is 0. The van der Waals surface area contributed by atoms with Gasteiger partial charge < -0.3 is 5.32 Å². The normalized spacial score (nSPS) is 13.6. The van der Waals surface area contributed by atoms with Gasteiger partial charge in [-0.05, 0) is 53.6 Å².